The van der Waals surface area contributed by atoms with Crippen LogP contribution in [0.1, 0.15) is 74.1 Å². The fraction of sp³-hybridized carbons (Fsp3) is 0.577. The summed E-state index contributed by atoms with van der Waals surface area (Å²) in [5.74, 6) is 0. The minimum absolute atomic E-state index is 0. The van der Waals surface area contributed by atoms with Gasteiger partial charge in [0.15, 0.2) is 0 Å². The van der Waals surface area contributed by atoms with Crippen molar-refractivity contribution >= 4 is 10.9 Å². The third kappa shape index (κ3) is 7.72. The quantitative estimate of drug-likeness (QED) is 0.450. The van der Waals surface area contributed by atoms with E-state index in [4.69, 9.17) is 0 Å². The molecule has 0 bridgehead atoms. The van der Waals surface area contributed by atoms with Gasteiger partial charge in [-0.05, 0) is 49.1 Å². The third-order valence-electron chi connectivity index (χ3n) is 4.70. The maximum atomic E-state index is 4.34. The molecule has 0 aliphatic carbocycles. The zero-order chi connectivity index (χ0) is 20.9. The maximum Gasteiger partial charge on any atom is 0.0949 e. The molecule has 0 spiro atoms. The molecule has 0 saturated heterocycles. The van der Waals surface area contributed by atoms with Gasteiger partial charge in [-0.2, -0.15) is 0 Å². The first-order chi connectivity index (χ1) is 13.0. The van der Waals surface area contributed by atoms with Crippen LogP contribution in [0.3, 0.4) is 0 Å². The molecule has 3 heteroatoms. The number of nitrogens with zero attached hydrogens (tertiary/aromatic N) is 3. The fourth-order valence-electron chi connectivity index (χ4n) is 3.51. The molecule has 162 valence electrons. The van der Waals surface area contributed by atoms with E-state index in [1.54, 1.807) is 0 Å². The molecular formula is C26H43N3. The Bertz CT molecular complexity index is 869. The molecule has 3 aromatic rings. The molecule has 3 nitrogen and oxygen atoms in total. The van der Waals surface area contributed by atoms with Crippen LogP contribution in [0.4, 0.5) is 0 Å². The number of rotatable bonds is 4. The molecule has 0 unspecified atom stereocenters. The minimum Gasteiger partial charge on any atom is -0.347 e. The van der Waals surface area contributed by atoms with E-state index in [1.165, 1.54) is 22.2 Å². The van der Waals surface area contributed by atoms with Crippen LogP contribution in [0.5, 0.6) is 0 Å². The standard InChI is InChI=1S/C15H21N.C10H18N2.CH4/c1-5-16-11-12(10-15(2,3)4)13-8-6-7-9-14(13)16;1-5-12-7-9(11-8-12)6-10(2,3)4;/h6-9,11H,5,10H2,1-4H3;7-8H,5-6H2,1-4H3;1H4. The molecule has 29 heavy (non-hydrogen) atoms. The Kier molecular flexibility index (Phi) is 8.74. The molecular weight excluding hydrogens is 354 g/mol. The summed E-state index contributed by atoms with van der Waals surface area (Å²) >= 11 is 0. The molecule has 0 saturated carbocycles. The zero-order valence-corrected chi connectivity index (χ0v) is 19.2. The van der Waals surface area contributed by atoms with Crippen molar-refractivity contribution in [3.63, 3.8) is 0 Å². The van der Waals surface area contributed by atoms with Crippen molar-refractivity contribution in [2.24, 2.45) is 10.8 Å². The molecule has 2 heterocycles. The summed E-state index contributed by atoms with van der Waals surface area (Å²) in [4.78, 5) is 4.34. The number of benzene rings is 1. The van der Waals surface area contributed by atoms with Gasteiger partial charge in [-0.15, -0.1) is 0 Å². The van der Waals surface area contributed by atoms with E-state index in [0.717, 1.165) is 25.9 Å². The smallest absolute Gasteiger partial charge is 0.0949 e. The van der Waals surface area contributed by atoms with E-state index >= 15 is 0 Å². The molecule has 0 radical (unpaired) electrons. The van der Waals surface area contributed by atoms with Gasteiger partial charge in [-0.1, -0.05) is 67.2 Å². The van der Waals surface area contributed by atoms with E-state index in [0.29, 0.717) is 10.8 Å². The summed E-state index contributed by atoms with van der Waals surface area (Å²) in [7, 11) is 0. The number of fused-ring (bicyclic) bond motifs is 1. The molecule has 0 amide bonds. The van der Waals surface area contributed by atoms with Gasteiger partial charge in [0.2, 0.25) is 0 Å². The Hall–Kier alpha value is -2.03. The minimum atomic E-state index is 0. The topological polar surface area (TPSA) is 22.8 Å². The van der Waals surface area contributed by atoms with Crippen molar-refractivity contribution in [1.29, 1.82) is 0 Å². The van der Waals surface area contributed by atoms with Crippen molar-refractivity contribution in [1.82, 2.24) is 14.1 Å². The molecule has 0 atom stereocenters. The van der Waals surface area contributed by atoms with Gasteiger partial charge in [0.1, 0.15) is 0 Å². The summed E-state index contributed by atoms with van der Waals surface area (Å²) in [6.07, 6.45) is 8.54. The predicted molar refractivity (Wildman–Crippen MR) is 129 cm³/mol. The van der Waals surface area contributed by atoms with E-state index in [1.807, 2.05) is 6.33 Å². The highest BCUT2D eigenvalue weighted by Gasteiger charge is 2.15. The van der Waals surface area contributed by atoms with Crippen LogP contribution in [0.25, 0.3) is 10.9 Å². The van der Waals surface area contributed by atoms with E-state index < -0.39 is 0 Å². The lowest BCUT2D eigenvalue weighted by Gasteiger charge is -2.17. The predicted octanol–water partition coefficient (Wildman–Crippen LogP) is 7.38. The van der Waals surface area contributed by atoms with Crippen LogP contribution in [-0.2, 0) is 25.9 Å². The monoisotopic (exact) mass is 397 g/mol. The lowest BCUT2D eigenvalue weighted by atomic mass is 9.88. The Morgan fingerprint density at radius 2 is 1.45 bits per heavy atom. The van der Waals surface area contributed by atoms with E-state index in [-0.39, 0.29) is 7.43 Å². The summed E-state index contributed by atoms with van der Waals surface area (Å²) in [6, 6.07) is 8.71. The maximum absolute atomic E-state index is 4.34. The van der Waals surface area contributed by atoms with Crippen LogP contribution < -0.4 is 0 Å². The highest BCUT2D eigenvalue weighted by atomic mass is 15.0. The van der Waals surface area contributed by atoms with Crippen molar-refractivity contribution in [3.05, 3.63) is 54.2 Å². The third-order valence-corrected chi connectivity index (χ3v) is 4.70. The first-order valence-electron chi connectivity index (χ1n) is 10.6. The van der Waals surface area contributed by atoms with Gasteiger partial charge in [0.05, 0.1) is 12.0 Å². The van der Waals surface area contributed by atoms with E-state index in [2.05, 4.69) is 106 Å². The Labute approximate surface area is 179 Å². The Morgan fingerprint density at radius 3 is 1.97 bits per heavy atom. The number of hydrogen-bond acceptors (Lipinski definition) is 1. The van der Waals surface area contributed by atoms with Crippen LogP contribution in [0, 0.1) is 10.8 Å². The molecule has 2 aromatic heterocycles. The highest BCUT2D eigenvalue weighted by molar-refractivity contribution is 5.84. The zero-order valence-electron chi connectivity index (χ0n) is 19.2. The number of aromatic nitrogens is 3. The average Bonchev–Trinajstić information content (AvgIpc) is 3.17. The second-order valence-corrected chi connectivity index (χ2v) is 10.1. The van der Waals surface area contributed by atoms with Crippen molar-refractivity contribution in [2.45, 2.75) is 88.7 Å². The average molecular weight is 398 g/mol. The highest BCUT2D eigenvalue weighted by Crippen LogP contribution is 2.28. The van der Waals surface area contributed by atoms with E-state index in [9.17, 15) is 0 Å². The van der Waals surface area contributed by atoms with Crippen LogP contribution in [0.15, 0.2) is 43.0 Å². The number of para-hydroxylation sites is 1. The van der Waals surface area contributed by atoms with Crippen LogP contribution >= 0.6 is 0 Å². The van der Waals surface area contributed by atoms with Crippen LogP contribution in [0.2, 0.25) is 0 Å². The number of hydrogen-bond donors (Lipinski definition) is 0. The van der Waals surface area contributed by atoms with Crippen molar-refractivity contribution in [3.8, 4) is 0 Å². The van der Waals surface area contributed by atoms with Crippen molar-refractivity contribution < 1.29 is 0 Å². The van der Waals surface area contributed by atoms with Crippen molar-refractivity contribution in [2.75, 3.05) is 0 Å². The van der Waals surface area contributed by atoms with Gasteiger partial charge >= 0.3 is 0 Å². The first kappa shape index (κ1) is 25.0. The number of aryl methyl sites for hydroxylation is 2. The Morgan fingerprint density at radius 1 is 0.828 bits per heavy atom. The largest absolute Gasteiger partial charge is 0.347 e. The summed E-state index contributed by atoms with van der Waals surface area (Å²) in [5.41, 5.74) is 4.73. The second-order valence-electron chi connectivity index (χ2n) is 10.1. The lowest BCUT2D eigenvalue weighted by molar-refractivity contribution is 0.407. The molecule has 3 rings (SSSR count). The molecule has 0 fully saturated rings. The first-order valence-corrected chi connectivity index (χ1v) is 10.6. The summed E-state index contributed by atoms with van der Waals surface area (Å²) in [5, 5.41) is 1.42. The van der Waals surface area contributed by atoms with Gasteiger partial charge in [-0.25, -0.2) is 4.98 Å². The lowest BCUT2D eigenvalue weighted by Crippen LogP contribution is -2.09. The van der Waals surface area contributed by atoms with Gasteiger partial charge < -0.3 is 9.13 Å². The molecule has 0 N–H and O–H groups in total. The van der Waals surface area contributed by atoms with Gasteiger partial charge in [-0.3, -0.25) is 0 Å². The molecule has 0 aliphatic rings. The normalized spacial score (nSPS) is 11.7. The second kappa shape index (κ2) is 10.1. The summed E-state index contributed by atoms with van der Waals surface area (Å²) < 4.78 is 4.46. The summed E-state index contributed by atoms with van der Waals surface area (Å²) in [6.45, 7) is 20.0. The fourth-order valence-corrected chi connectivity index (χ4v) is 3.51. The SMILES string of the molecule is C.CCn1cc(CC(C)(C)C)c2ccccc21.CCn1cnc(CC(C)(C)C)c1. The molecule has 0 aliphatic heterocycles. The van der Waals surface area contributed by atoms with Crippen LogP contribution in [-0.4, -0.2) is 14.1 Å². The van der Waals surface area contributed by atoms with Gasteiger partial charge in [0.25, 0.3) is 0 Å². The van der Waals surface area contributed by atoms with Gasteiger partial charge in [0, 0.05) is 36.4 Å². The molecule has 1 aromatic carbocycles. The Balaban J connectivity index is 0.000000292. The number of imidazole rings is 1.